The topological polar surface area (TPSA) is 34.0 Å². The normalized spacial score (nSPS) is 10.5. The van der Waals surface area contributed by atoms with Crippen LogP contribution in [-0.2, 0) is 6.54 Å². The van der Waals surface area contributed by atoms with Crippen molar-refractivity contribution in [1.29, 1.82) is 0 Å². The van der Waals surface area contributed by atoms with Gasteiger partial charge >= 0.3 is 0 Å². The molecule has 0 atom stereocenters. The number of aryl methyl sites for hydroxylation is 2. The summed E-state index contributed by atoms with van der Waals surface area (Å²) in [5.41, 5.74) is 2.53. The van der Waals surface area contributed by atoms with Crippen molar-refractivity contribution in [3.8, 4) is 0 Å². The van der Waals surface area contributed by atoms with E-state index in [2.05, 4.69) is 37.2 Å². The molecular weight excluding hydrogens is 372 g/mol. The number of hydrogen-bond acceptors (Lipinski definition) is 1. The molecule has 1 N–H and O–H groups in total. The van der Waals surface area contributed by atoms with E-state index >= 15 is 0 Å². The number of nitrogens with one attached hydrogen (secondary N) is 1. The van der Waals surface area contributed by atoms with Gasteiger partial charge in [0.25, 0.3) is 5.91 Å². The molecular formula is C14H14Br2N2O. The van der Waals surface area contributed by atoms with E-state index in [0.717, 1.165) is 26.7 Å². The maximum absolute atomic E-state index is 12.3. The molecule has 0 aliphatic carbocycles. The van der Waals surface area contributed by atoms with Gasteiger partial charge in [-0.15, -0.1) is 0 Å². The van der Waals surface area contributed by atoms with Gasteiger partial charge in [0.2, 0.25) is 0 Å². The fourth-order valence-corrected chi connectivity index (χ4v) is 2.66. The van der Waals surface area contributed by atoms with Crippen molar-refractivity contribution < 1.29 is 4.79 Å². The van der Waals surface area contributed by atoms with Crippen molar-refractivity contribution in [1.82, 2.24) is 4.57 Å². The Hall–Kier alpha value is -1.07. The molecule has 1 aromatic heterocycles. The molecule has 0 saturated carbocycles. The minimum Gasteiger partial charge on any atom is -0.343 e. The van der Waals surface area contributed by atoms with Crippen molar-refractivity contribution in [3.63, 3.8) is 0 Å². The predicted octanol–water partition coefficient (Wildman–Crippen LogP) is 4.59. The molecule has 2 aromatic rings. The number of carbonyl (C=O) groups excluding carboxylic acids is 1. The van der Waals surface area contributed by atoms with Gasteiger partial charge in [-0.1, -0.05) is 6.07 Å². The summed E-state index contributed by atoms with van der Waals surface area (Å²) in [5.74, 6) is -0.112. The Bertz CT molecular complexity index is 620. The van der Waals surface area contributed by atoms with E-state index < -0.39 is 0 Å². The number of nitrogens with zero attached hydrogens (tertiary/aromatic N) is 1. The van der Waals surface area contributed by atoms with Crippen LogP contribution >= 0.6 is 31.9 Å². The highest BCUT2D eigenvalue weighted by Gasteiger charge is 2.13. The van der Waals surface area contributed by atoms with E-state index in [1.54, 1.807) is 0 Å². The van der Waals surface area contributed by atoms with Gasteiger partial charge in [-0.25, -0.2) is 0 Å². The molecule has 0 unspecified atom stereocenters. The van der Waals surface area contributed by atoms with Crippen LogP contribution in [0.5, 0.6) is 0 Å². The summed E-state index contributed by atoms with van der Waals surface area (Å²) >= 11 is 6.84. The standard InChI is InChI=1S/C14H14Br2N2O/c1-3-18-8-10(15)7-13(18)14(19)17-12-6-9(2)4-5-11(12)16/h4-8H,3H2,1-2H3,(H,17,19). The molecule has 0 fully saturated rings. The highest BCUT2D eigenvalue weighted by Crippen LogP contribution is 2.24. The molecule has 100 valence electrons. The summed E-state index contributed by atoms with van der Waals surface area (Å²) in [6.07, 6.45) is 1.90. The predicted molar refractivity (Wildman–Crippen MR) is 84.6 cm³/mol. The van der Waals surface area contributed by atoms with Gasteiger partial charge in [-0.05, 0) is 69.5 Å². The molecule has 0 aliphatic rings. The third kappa shape index (κ3) is 3.28. The lowest BCUT2D eigenvalue weighted by Crippen LogP contribution is -2.16. The Kier molecular flexibility index (Phi) is 4.47. The third-order valence-corrected chi connectivity index (χ3v) is 3.93. The Balaban J connectivity index is 2.27. The molecule has 1 aromatic carbocycles. The van der Waals surface area contributed by atoms with Crippen molar-refractivity contribution >= 4 is 43.5 Å². The minimum atomic E-state index is -0.112. The second-order valence-electron chi connectivity index (χ2n) is 4.27. The average molecular weight is 386 g/mol. The van der Waals surface area contributed by atoms with E-state index in [4.69, 9.17) is 0 Å². The van der Waals surface area contributed by atoms with Crippen LogP contribution in [0.25, 0.3) is 0 Å². The second kappa shape index (κ2) is 5.92. The number of benzene rings is 1. The van der Waals surface area contributed by atoms with Crippen molar-refractivity contribution in [2.75, 3.05) is 5.32 Å². The molecule has 19 heavy (non-hydrogen) atoms. The smallest absolute Gasteiger partial charge is 0.272 e. The van der Waals surface area contributed by atoms with Gasteiger partial charge < -0.3 is 9.88 Å². The zero-order chi connectivity index (χ0) is 14.0. The molecule has 5 heteroatoms. The van der Waals surface area contributed by atoms with E-state index in [1.165, 1.54) is 0 Å². The Morgan fingerprint density at radius 3 is 2.74 bits per heavy atom. The third-order valence-electron chi connectivity index (χ3n) is 2.81. The van der Waals surface area contributed by atoms with Crippen molar-refractivity contribution in [3.05, 3.63) is 50.7 Å². The fraction of sp³-hybridized carbons (Fsp3) is 0.214. The summed E-state index contributed by atoms with van der Waals surface area (Å²) in [6, 6.07) is 7.68. The van der Waals surface area contributed by atoms with E-state index in [0.29, 0.717) is 5.69 Å². The number of hydrogen-bond donors (Lipinski definition) is 1. The molecule has 0 bridgehead atoms. The molecule has 1 heterocycles. The highest BCUT2D eigenvalue weighted by atomic mass is 79.9. The number of carbonyl (C=O) groups is 1. The minimum absolute atomic E-state index is 0.112. The second-order valence-corrected chi connectivity index (χ2v) is 6.04. The first-order valence-electron chi connectivity index (χ1n) is 5.94. The van der Waals surface area contributed by atoms with Crippen molar-refractivity contribution in [2.24, 2.45) is 0 Å². The molecule has 0 saturated heterocycles. The van der Waals surface area contributed by atoms with Gasteiger partial charge in [-0.2, -0.15) is 0 Å². The quantitative estimate of drug-likeness (QED) is 0.823. The number of amides is 1. The number of aromatic nitrogens is 1. The van der Waals surface area contributed by atoms with Crippen LogP contribution in [0.2, 0.25) is 0 Å². The summed E-state index contributed by atoms with van der Waals surface area (Å²) in [6.45, 7) is 4.75. The monoisotopic (exact) mass is 384 g/mol. The molecule has 0 aliphatic heterocycles. The lowest BCUT2D eigenvalue weighted by atomic mass is 10.2. The lowest BCUT2D eigenvalue weighted by molar-refractivity contribution is 0.101. The lowest BCUT2D eigenvalue weighted by Gasteiger charge is -2.10. The average Bonchev–Trinajstić information content (AvgIpc) is 2.75. The Morgan fingerprint density at radius 2 is 2.05 bits per heavy atom. The van der Waals surface area contributed by atoms with Crippen LogP contribution in [0.3, 0.4) is 0 Å². The number of anilines is 1. The summed E-state index contributed by atoms with van der Waals surface area (Å²) < 4.78 is 3.69. The Labute approximate surface area is 129 Å². The Morgan fingerprint density at radius 1 is 1.32 bits per heavy atom. The van der Waals surface area contributed by atoms with Gasteiger partial charge in [0, 0.05) is 21.7 Å². The highest BCUT2D eigenvalue weighted by molar-refractivity contribution is 9.10. The summed E-state index contributed by atoms with van der Waals surface area (Å²) in [5, 5.41) is 2.93. The summed E-state index contributed by atoms with van der Waals surface area (Å²) in [4.78, 5) is 12.3. The first kappa shape index (κ1) is 14.3. The number of halogens is 2. The molecule has 3 nitrogen and oxygen atoms in total. The molecule has 0 spiro atoms. The van der Waals surface area contributed by atoms with Gasteiger partial charge in [-0.3, -0.25) is 4.79 Å². The van der Waals surface area contributed by atoms with Gasteiger partial charge in [0.15, 0.2) is 0 Å². The largest absolute Gasteiger partial charge is 0.343 e. The fourth-order valence-electron chi connectivity index (χ4n) is 1.85. The van der Waals surface area contributed by atoms with Crippen LogP contribution in [0.1, 0.15) is 23.0 Å². The van der Waals surface area contributed by atoms with Gasteiger partial charge in [0.05, 0.1) is 5.69 Å². The van der Waals surface area contributed by atoms with Crippen LogP contribution in [0, 0.1) is 6.92 Å². The maximum atomic E-state index is 12.3. The van der Waals surface area contributed by atoms with Crippen LogP contribution in [0.4, 0.5) is 5.69 Å². The first-order chi connectivity index (χ1) is 9.01. The van der Waals surface area contributed by atoms with Crippen LogP contribution in [0.15, 0.2) is 39.4 Å². The van der Waals surface area contributed by atoms with Gasteiger partial charge in [0.1, 0.15) is 5.69 Å². The number of rotatable bonds is 3. The summed E-state index contributed by atoms with van der Waals surface area (Å²) in [7, 11) is 0. The maximum Gasteiger partial charge on any atom is 0.272 e. The van der Waals surface area contributed by atoms with Crippen LogP contribution in [-0.4, -0.2) is 10.5 Å². The zero-order valence-corrected chi connectivity index (χ0v) is 13.9. The first-order valence-corrected chi connectivity index (χ1v) is 7.53. The zero-order valence-electron chi connectivity index (χ0n) is 10.7. The van der Waals surface area contributed by atoms with Crippen LogP contribution < -0.4 is 5.32 Å². The van der Waals surface area contributed by atoms with E-state index in [9.17, 15) is 4.79 Å². The van der Waals surface area contributed by atoms with Crippen molar-refractivity contribution in [2.45, 2.75) is 20.4 Å². The van der Waals surface area contributed by atoms with E-state index in [1.807, 2.05) is 48.9 Å². The molecule has 2 rings (SSSR count). The SMILES string of the molecule is CCn1cc(Br)cc1C(=O)Nc1cc(C)ccc1Br. The van der Waals surface area contributed by atoms with E-state index in [-0.39, 0.29) is 5.91 Å². The molecule has 1 amide bonds. The molecule has 0 radical (unpaired) electrons.